The molecular formula is C65H113NO13. The Balaban J connectivity index is 1.74. The zero-order valence-electron chi connectivity index (χ0n) is 49.1. The molecule has 0 bridgehead atoms. The van der Waals surface area contributed by atoms with Gasteiger partial charge in [-0.2, -0.15) is 0 Å². The van der Waals surface area contributed by atoms with Crippen LogP contribution in [-0.2, 0) is 23.7 Å². The highest BCUT2D eigenvalue weighted by molar-refractivity contribution is 5.76. The average Bonchev–Trinajstić information content (AvgIpc) is 3.46. The molecule has 0 aromatic heterocycles. The van der Waals surface area contributed by atoms with Gasteiger partial charge in [-0.3, -0.25) is 4.79 Å². The van der Waals surface area contributed by atoms with Gasteiger partial charge in [0.05, 0.1) is 32.0 Å². The minimum absolute atomic E-state index is 0.256. The number of amides is 1. The number of hydrogen-bond donors (Lipinski definition) is 9. The summed E-state index contributed by atoms with van der Waals surface area (Å²) >= 11 is 0. The van der Waals surface area contributed by atoms with Crippen LogP contribution in [0.25, 0.3) is 0 Å². The van der Waals surface area contributed by atoms with Gasteiger partial charge in [0.25, 0.3) is 0 Å². The molecule has 0 radical (unpaired) electrons. The van der Waals surface area contributed by atoms with Crippen molar-refractivity contribution in [2.75, 3.05) is 19.8 Å². The van der Waals surface area contributed by atoms with Crippen molar-refractivity contribution in [3.05, 3.63) is 85.1 Å². The Morgan fingerprint density at radius 3 is 1.39 bits per heavy atom. The molecule has 0 aromatic rings. The summed E-state index contributed by atoms with van der Waals surface area (Å²) in [4.78, 5) is 13.3. The highest BCUT2D eigenvalue weighted by Gasteiger charge is 2.51. The minimum Gasteiger partial charge on any atom is -0.394 e. The van der Waals surface area contributed by atoms with E-state index in [0.717, 1.165) is 70.6 Å². The minimum atomic E-state index is -1.80. The Labute approximate surface area is 478 Å². The zero-order chi connectivity index (χ0) is 57.4. The number of hydrogen-bond acceptors (Lipinski definition) is 13. The first-order valence-electron chi connectivity index (χ1n) is 31.3. The maximum atomic E-state index is 13.3. The summed E-state index contributed by atoms with van der Waals surface area (Å²) in [6.07, 6.45) is 50.5. The van der Waals surface area contributed by atoms with Crippen LogP contribution in [0.5, 0.6) is 0 Å². The summed E-state index contributed by atoms with van der Waals surface area (Å²) in [5.41, 5.74) is 0. The van der Waals surface area contributed by atoms with Crippen molar-refractivity contribution >= 4 is 5.91 Å². The molecule has 12 atom stereocenters. The van der Waals surface area contributed by atoms with Crippen molar-refractivity contribution in [1.82, 2.24) is 5.32 Å². The van der Waals surface area contributed by atoms with Crippen molar-refractivity contribution in [2.24, 2.45) is 0 Å². The molecular weight excluding hydrogens is 1000 g/mol. The Bertz CT molecular complexity index is 1650. The van der Waals surface area contributed by atoms with E-state index in [0.29, 0.717) is 12.8 Å². The fourth-order valence-corrected chi connectivity index (χ4v) is 9.78. The molecule has 0 aliphatic carbocycles. The molecule has 14 nitrogen and oxygen atoms in total. The topological polar surface area (TPSA) is 228 Å². The van der Waals surface area contributed by atoms with Crippen LogP contribution in [0.2, 0.25) is 0 Å². The zero-order valence-corrected chi connectivity index (χ0v) is 49.1. The Hall–Kier alpha value is -2.83. The maximum absolute atomic E-state index is 13.3. The van der Waals surface area contributed by atoms with E-state index in [1.54, 1.807) is 6.08 Å². The Kier molecular flexibility index (Phi) is 45.5. The number of aliphatic hydroxyl groups excluding tert-OH is 8. The van der Waals surface area contributed by atoms with Crippen LogP contribution in [0.1, 0.15) is 226 Å². The van der Waals surface area contributed by atoms with Gasteiger partial charge in [-0.05, 0) is 83.5 Å². The van der Waals surface area contributed by atoms with Crippen LogP contribution in [0.15, 0.2) is 85.1 Å². The SMILES string of the molecule is CC/C=C\C/C=C\C/C=C\C/C=C\CCCCCCCCCCCCCCCCC(=O)NC(COC1OC(CO)C(OC2OC(CO)C(O)C(O)C2O)C(O)C1O)C(O)/C=C/CC/C=C/CC/C=C/CCCCCCCCCC. The third kappa shape index (κ3) is 35.0. The molecule has 14 heteroatoms. The van der Waals surface area contributed by atoms with Crippen LogP contribution in [-0.4, -0.2) is 140 Å². The van der Waals surface area contributed by atoms with E-state index in [2.05, 4.69) is 92.1 Å². The molecule has 0 aromatic carbocycles. The summed E-state index contributed by atoms with van der Waals surface area (Å²) in [7, 11) is 0. The van der Waals surface area contributed by atoms with Gasteiger partial charge in [0.15, 0.2) is 12.6 Å². The summed E-state index contributed by atoms with van der Waals surface area (Å²) < 4.78 is 22.8. The first kappa shape index (κ1) is 72.3. The Morgan fingerprint density at radius 2 is 0.886 bits per heavy atom. The van der Waals surface area contributed by atoms with Crippen LogP contribution in [0.3, 0.4) is 0 Å². The molecule has 0 spiro atoms. The van der Waals surface area contributed by atoms with Crippen molar-refractivity contribution < 1.29 is 64.6 Å². The molecule has 2 rings (SSSR count). The molecule has 2 saturated heterocycles. The fraction of sp³-hybridized carbons (Fsp3) is 0.769. The first-order valence-corrected chi connectivity index (χ1v) is 31.3. The summed E-state index contributed by atoms with van der Waals surface area (Å²) in [5.74, 6) is -0.256. The number of rotatable bonds is 49. The van der Waals surface area contributed by atoms with Crippen molar-refractivity contribution in [1.29, 1.82) is 0 Å². The molecule has 0 saturated carbocycles. The smallest absolute Gasteiger partial charge is 0.220 e. The van der Waals surface area contributed by atoms with Gasteiger partial charge in [-0.15, -0.1) is 0 Å². The van der Waals surface area contributed by atoms with Gasteiger partial charge in [-0.1, -0.05) is 221 Å². The van der Waals surface area contributed by atoms with Crippen LogP contribution in [0.4, 0.5) is 0 Å². The third-order valence-electron chi connectivity index (χ3n) is 14.8. The highest BCUT2D eigenvalue weighted by atomic mass is 16.7. The summed E-state index contributed by atoms with van der Waals surface area (Å²) in [6, 6.07) is -0.943. The second kappa shape index (κ2) is 49.8. The maximum Gasteiger partial charge on any atom is 0.220 e. The second-order valence-electron chi connectivity index (χ2n) is 21.8. The molecule has 12 unspecified atom stereocenters. The van der Waals surface area contributed by atoms with E-state index in [4.69, 9.17) is 18.9 Å². The van der Waals surface area contributed by atoms with Crippen molar-refractivity contribution in [3.8, 4) is 0 Å². The summed E-state index contributed by atoms with van der Waals surface area (Å²) in [6.45, 7) is 2.66. The predicted octanol–water partition coefficient (Wildman–Crippen LogP) is 11.3. The van der Waals surface area contributed by atoms with Crippen LogP contribution in [0, 0.1) is 0 Å². The normalized spacial score (nSPS) is 25.0. The average molecular weight is 1120 g/mol. The van der Waals surface area contributed by atoms with Gasteiger partial charge in [0.1, 0.15) is 48.8 Å². The van der Waals surface area contributed by atoms with Crippen LogP contribution < -0.4 is 5.32 Å². The monoisotopic (exact) mass is 1120 g/mol. The van der Waals surface area contributed by atoms with Crippen molar-refractivity contribution in [2.45, 2.75) is 299 Å². The van der Waals surface area contributed by atoms with Gasteiger partial charge in [-0.25, -0.2) is 0 Å². The van der Waals surface area contributed by atoms with E-state index >= 15 is 0 Å². The molecule has 2 aliphatic heterocycles. The lowest BCUT2D eigenvalue weighted by atomic mass is 9.97. The molecule has 9 N–H and O–H groups in total. The Morgan fingerprint density at radius 1 is 0.468 bits per heavy atom. The van der Waals surface area contributed by atoms with Gasteiger partial charge < -0.3 is 65.1 Å². The number of aliphatic hydroxyl groups is 8. The third-order valence-corrected chi connectivity index (χ3v) is 14.8. The van der Waals surface area contributed by atoms with E-state index in [9.17, 15) is 45.6 Å². The lowest BCUT2D eigenvalue weighted by Crippen LogP contribution is -2.65. The predicted molar refractivity (Wildman–Crippen MR) is 318 cm³/mol. The number of carbonyl (C=O) groups excluding carboxylic acids is 1. The number of carbonyl (C=O) groups is 1. The number of nitrogens with one attached hydrogen (secondary N) is 1. The molecule has 2 aliphatic rings. The van der Waals surface area contributed by atoms with E-state index in [-0.39, 0.29) is 18.9 Å². The first-order chi connectivity index (χ1) is 38.6. The van der Waals surface area contributed by atoms with E-state index in [1.807, 2.05) is 6.08 Å². The lowest BCUT2D eigenvalue weighted by Gasteiger charge is -2.46. The molecule has 1 amide bonds. The molecule has 2 heterocycles. The highest BCUT2D eigenvalue weighted by Crippen LogP contribution is 2.30. The van der Waals surface area contributed by atoms with Gasteiger partial charge in [0.2, 0.25) is 5.91 Å². The van der Waals surface area contributed by atoms with Crippen LogP contribution >= 0.6 is 0 Å². The fourth-order valence-electron chi connectivity index (χ4n) is 9.78. The van der Waals surface area contributed by atoms with Gasteiger partial charge >= 0.3 is 0 Å². The quantitative estimate of drug-likeness (QED) is 0.0204. The summed E-state index contributed by atoms with van der Waals surface area (Å²) in [5, 5.41) is 87.2. The van der Waals surface area contributed by atoms with E-state index in [1.165, 1.54) is 122 Å². The molecule has 79 heavy (non-hydrogen) atoms. The molecule has 456 valence electrons. The number of allylic oxidation sites excluding steroid dienone is 13. The number of unbranched alkanes of at least 4 members (excludes halogenated alkanes) is 24. The standard InChI is InChI=1S/C65H113NO13/c1-3-5-7-9-11-13-15-17-19-21-23-24-25-26-27-28-29-30-31-33-35-37-39-41-43-45-47-49-57(70)66-53(54(69)48-46-44-42-40-38-36-34-32-22-20-18-16-14-12-10-8-6-4-2)52-76-64-62(75)60(73)63(56(51-68)78-64)79-65-61(74)59(72)58(71)55(50-67)77-65/h5,7,11,13,17,19,22-24,32,38,40,46,48,53-56,58-65,67-69,71-75H,3-4,6,8-10,12,14-16,18,20-21,25-31,33-37,39,41-45,47,49-52H2,1-2H3,(H,66,70)/b7-5-,13-11-,19-17-,24-23-,32-22+,40-38+,48-46+. The van der Waals surface area contributed by atoms with Gasteiger partial charge in [0, 0.05) is 6.42 Å². The lowest BCUT2D eigenvalue weighted by molar-refractivity contribution is -0.359. The van der Waals surface area contributed by atoms with E-state index < -0.39 is 86.8 Å². The second-order valence-corrected chi connectivity index (χ2v) is 21.8. The number of ether oxygens (including phenoxy) is 4. The largest absolute Gasteiger partial charge is 0.394 e. The molecule has 2 fully saturated rings. The van der Waals surface area contributed by atoms with Crippen molar-refractivity contribution in [3.63, 3.8) is 0 Å².